The highest BCUT2D eigenvalue weighted by Crippen LogP contribution is 2.37. The average Bonchev–Trinajstić information content (AvgIpc) is 3.01. The highest BCUT2D eigenvalue weighted by Gasteiger charge is 2.21. The van der Waals surface area contributed by atoms with Gasteiger partial charge in [-0.2, -0.15) is 0 Å². The Bertz CT molecular complexity index is 1400. The predicted octanol–water partition coefficient (Wildman–Crippen LogP) is 6.64. The zero-order valence-electron chi connectivity index (χ0n) is 17.8. The SMILES string of the molecule is Cc1ccc2c(-c3cc4c(cc3C)c3ccccc3n4C(C)C)[n+](C)ccc2c1. The van der Waals surface area contributed by atoms with Gasteiger partial charge in [-0.1, -0.05) is 35.9 Å². The number of hydrogen-bond donors (Lipinski definition) is 0. The quantitative estimate of drug-likeness (QED) is 0.304. The minimum atomic E-state index is 0.400. The fourth-order valence-corrected chi connectivity index (χ4v) is 4.79. The lowest BCUT2D eigenvalue weighted by Crippen LogP contribution is -2.30. The van der Waals surface area contributed by atoms with Crippen molar-refractivity contribution in [3.05, 3.63) is 78.0 Å². The van der Waals surface area contributed by atoms with Crippen LogP contribution in [-0.2, 0) is 7.05 Å². The number of nitrogens with zero attached hydrogens (tertiary/aromatic N) is 2. The molecule has 5 aromatic rings. The molecule has 0 aliphatic heterocycles. The van der Waals surface area contributed by atoms with E-state index in [0.29, 0.717) is 6.04 Å². The lowest BCUT2D eigenvalue weighted by atomic mass is 9.97. The summed E-state index contributed by atoms with van der Waals surface area (Å²) < 4.78 is 4.73. The van der Waals surface area contributed by atoms with Crippen molar-refractivity contribution in [2.24, 2.45) is 7.05 Å². The molecule has 3 aromatic carbocycles. The van der Waals surface area contributed by atoms with Crippen molar-refractivity contribution in [2.45, 2.75) is 33.7 Å². The predicted molar refractivity (Wildman–Crippen MR) is 123 cm³/mol. The Kier molecular flexibility index (Phi) is 3.99. The first-order valence-electron chi connectivity index (χ1n) is 10.4. The van der Waals surface area contributed by atoms with E-state index < -0.39 is 0 Å². The molecule has 0 aliphatic rings. The highest BCUT2D eigenvalue weighted by molar-refractivity contribution is 6.10. The molecule has 2 heterocycles. The van der Waals surface area contributed by atoms with Crippen LogP contribution in [0.15, 0.2) is 66.9 Å². The van der Waals surface area contributed by atoms with Crippen molar-refractivity contribution in [1.82, 2.24) is 4.57 Å². The molecule has 0 unspecified atom stereocenters. The van der Waals surface area contributed by atoms with Crippen molar-refractivity contribution in [3.63, 3.8) is 0 Å². The fraction of sp³-hybridized carbons (Fsp3) is 0.222. The topological polar surface area (TPSA) is 8.81 Å². The fourth-order valence-electron chi connectivity index (χ4n) is 4.79. The number of benzene rings is 3. The summed E-state index contributed by atoms with van der Waals surface area (Å²) in [6.45, 7) is 8.94. The third-order valence-electron chi connectivity index (χ3n) is 6.12. The van der Waals surface area contributed by atoms with Crippen LogP contribution >= 0.6 is 0 Å². The first-order chi connectivity index (χ1) is 14.0. The average molecular weight is 380 g/mol. The van der Waals surface area contributed by atoms with Crippen LogP contribution in [0, 0.1) is 13.8 Å². The number of aromatic nitrogens is 2. The molecule has 2 heteroatoms. The summed E-state index contributed by atoms with van der Waals surface area (Å²) in [5.41, 5.74) is 7.82. The second-order valence-electron chi connectivity index (χ2n) is 8.53. The third-order valence-corrected chi connectivity index (χ3v) is 6.12. The van der Waals surface area contributed by atoms with E-state index in [1.807, 2.05) is 0 Å². The van der Waals surface area contributed by atoms with Crippen LogP contribution < -0.4 is 4.57 Å². The molecule has 0 N–H and O–H groups in total. The number of hydrogen-bond acceptors (Lipinski definition) is 0. The summed E-state index contributed by atoms with van der Waals surface area (Å²) in [4.78, 5) is 0. The third kappa shape index (κ3) is 2.66. The van der Waals surface area contributed by atoms with E-state index in [0.717, 1.165) is 0 Å². The summed E-state index contributed by atoms with van der Waals surface area (Å²) >= 11 is 0. The van der Waals surface area contributed by atoms with Gasteiger partial charge in [0.05, 0.1) is 16.5 Å². The normalized spacial score (nSPS) is 11.9. The van der Waals surface area contributed by atoms with Crippen LogP contribution in [0.5, 0.6) is 0 Å². The van der Waals surface area contributed by atoms with E-state index in [2.05, 4.69) is 111 Å². The van der Waals surface area contributed by atoms with E-state index in [4.69, 9.17) is 0 Å². The van der Waals surface area contributed by atoms with E-state index in [9.17, 15) is 0 Å². The first kappa shape index (κ1) is 17.9. The van der Waals surface area contributed by atoms with Crippen LogP contribution in [-0.4, -0.2) is 4.57 Å². The molecule has 0 aliphatic carbocycles. The second-order valence-corrected chi connectivity index (χ2v) is 8.53. The Hall–Kier alpha value is -3.13. The number of aryl methyl sites for hydroxylation is 3. The summed E-state index contributed by atoms with van der Waals surface area (Å²) in [7, 11) is 2.15. The van der Waals surface area contributed by atoms with Crippen LogP contribution in [0.3, 0.4) is 0 Å². The maximum absolute atomic E-state index is 2.48. The van der Waals surface area contributed by atoms with Gasteiger partial charge in [0.15, 0.2) is 6.20 Å². The van der Waals surface area contributed by atoms with Crippen molar-refractivity contribution >= 4 is 32.6 Å². The van der Waals surface area contributed by atoms with Crippen molar-refractivity contribution in [2.75, 3.05) is 0 Å². The second kappa shape index (κ2) is 6.45. The molecule has 29 heavy (non-hydrogen) atoms. The van der Waals surface area contributed by atoms with Crippen molar-refractivity contribution in [1.29, 1.82) is 0 Å². The van der Waals surface area contributed by atoms with Gasteiger partial charge in [0, 0.05) is 28.4 Å². The van der Waals surface area contributed by atoms with Crippen molar-refractivity contribution < 1.29 is 4.57 Å². The molecule has 0 fully saturated rings. The van der Waals surface area contributed by atoms with Crippen LogP contribution in [0.25, 0.3) is 43.8 Å². The van der Waals surface area contributed by atoms with Gasteiger partial charge in [-0.15, -0.1) is 0 Å². The van der Waals surface area contributed by atoms with Gasteiger partial charge in [-0.3, -0.25) is 0 Å². The van der Waals surface area contributed by atoms with Gasteiger partial charge in [0.1, 0.15) is 7.05 Å². The van der Waals surface area contributed by atoms with Crippen LogP contribution in [0.2, 0.25) is 0 Å². The molecule has 144 valence electrons. The number of para-hydroxylation sites is 1. The van der Waals surface area contributed by atoms with Gasteiger partial charge in [0.25, 0.3) is 0 Å². The summed E-state index contributed by atoms with van der Waals surface area (Å²) in [6.07, 6.45) is 2.18. The van der Waals surface area contributed by atoms with Crippen LogP contribution in [0.4, 0.5) is 0 Å². The molecule has 0 amide bonds. The molecular formula is C27H27N2+. The molecule has 0 spiro atoms. The zero-order chi connectivity index (χ0) is 20.3. The molecule has 0 radical (unpaired) electrons. The molecule has 0 atom stereocenters. The number of fused-ring (bicyclic) bond motifs is 4. The highest BCUT2D eigenvalue weighted by atomic mass is 15.0. The number of pyridine rings is 1. The number of rotatable bonds is 2. The summed E-state index contributed by atoms with van der Waals surface area (Å²) in [5.74, 6) is 0. The zero-order valence-corrected chi connectivity index (χ0v) is 17.8. The Balaban J connectivity index is 1.92. The van der Waals surface area contributed by atoms with Gasteiger partial charge in [-0.05, 0) is 62.9 Å². The van der Waals surface area contributed by atoms with Crippen LogP contribution in [0.1, 0.15) is 31.0 Å². The summed E-state index contributed by atoms with van der Waals surface area (Å²) in [5, 5.41) is 5.27. The van der Waals surface area contributed by atoms with E-state index >= 15 is 0 Å². The van der Waals surface area contributed by atoms with Gasteiger partial charge in [-0.25, -0.2) is 4.57 Å². The molecule has 5 rings (SSSR count). The summed E-state index contributed by atoms with van der Waals surface area (Å²) in [6, 6.07) is 22.9. The molecule has 0 saturated carbocycles. The Labute approximate surface area is 172 Å². The monoisotopic (exact) mass is 379 g/mol. The Morgan fingerprint density at radius 3 is 2.38 bits per heavy atom. The molecule has 0 bridgehead atoms. The maximum atomic E-state index is 2.48. The molecule has 2 aromatic heterocycles. The lowest BCUT2D eigenvalue weighted by molar-refractivity contribution is -0.659. The Morgan fingerprint density at radius 2 is 1.59 bits per heavy atom. The standard InChI is InChI=1S/C27H27N2/c1-17(2)29-25-9-7-6-8-22(25)24-15-19(4)23(16-26(24)29)27-21-11-10-18(3)14-20(21)12-13-28(27)5/h6-17H,1-5H3/q+1. The molecule has 2 nitrogen and oxygen atoms in total. The maximum Gasteiger partial charge on any atom is 0.220 e. The molecular weight excluding hydrogens is 352 g/mol. The Morgan fingerprint density at radius 1 is 0.793 bits per heavy atom. The van der Waals surface area contributed by atoms with E-state index in [1.54, 1.807) is 0 Å². The molecule has 0 saturated heterocycles. The minimum Gasteiger partial charge on any atom is -0.338 e. The lowest BCUT2D eigenvalue weighted by Gasteiger charge is -2.13. The van der Waals surface area contributed by atoms with Gasteiger partial charge >= 0.3 is 0 Å². The van der Waals surface area contributed by atoms with E-state index in [1.165, 1.54) is 55.0 Å². The van der Waals surface area contributed by atoms with Crippen molar-refractivity contribution in [3.8, 4) is 11.3 Å². The minimum absolute atomic E-state index is 0.400. The first-order valence-corrected chi connectivity index (χ1v) is 10.4. The smallest absolute Gasteiger partial charge is 0.220 e. The largest absolute Gasteiger partial charge is 0.338 e. The van der Waals surface area contributed by atoms with Gasteiger partial charge < -0.3 is 4.57 Å². The van der Waals surface area contributed by atoms with E-state index in [-0.39, 0.29) is 0 Å². The van der Waals surface area contributed by atoms with Gasteiger partial charge in [0.2, 0.25) is 5.69 Å².